The van der Waals surface area contributed by atoms with Crippen LogP contribution in [0.25, 0.3) is 72.0 Å². The van der Waals surface area contributed by atoms with E-state index in [1.165, 1.54) is 99.9 Å². The molecule has 0 unspecified atom stereocenters. The van der Waals surface area contributed by atoms with Gasteiger partial charge in [0.15, 0.2) is 0 Å². The van der Waals surface area contributed by atoms with E-state index in [0.29, 0.717) is 0 Å². The molecule has 1 aliphatic heterocycles. The number of benzene rings is 13. The van der Waals surface area contributed by atoms with Gasteiger partial charge in [-0.1, -0.05) is 232 Å². The quantitative estimate of drug-likeness (QED) is 0.135. The molecular formula is C82H59N3. The van der Waals surface area contributed by atoms with Gasteiger partial charge in [-0.2, -0.15) is 0 Å². The van der Waals surface area contributed by atoms with Crippen molar-refractivity contribution in [1.82, 2.24) is 4.57 Å². The number of nitrogens with zero attached hydrogens (tertiary/aromatic N) is 3. The minimum atomic E-state index is -0.533. The molecule has 0 atom stereocenters. The highest BCUT2D eigenvalue weighted by Gasteiger charge is 2.46. The van der Waals surface area contributed by atoms with E-state index in [9.17, 15) is 0 Å². The van der Waals surface area contributed by atoms with Gasteiger partial charge in [0.1, 0.15) is 0 Å². The molecule has 85 heavy (non-hydrogen) atoms. The summed E-state index contributed by atoms with van der Waals surface area (Å²) < 4.78 is 2.42. The Morgan fingerprint density at radius 2 is 0.706 bits per heavy atom. The zero-order valence-electron chi connectivity index (χ0n) is 47.4. The molecule has 0 radical (unpaired) electrons. The smallest absolute Gasteiger partial charge is 0.0714 e. The molecule has 0 spiro atoms. The van der Waals surface area contributed by atoms with Gasteiger partial charge in [0.2, 0.25) is 0 Å². The highest BCUT2D eigenvalue weighted by atomic mass is 15.2. The van der Waals surface area contributed by atoms with Crippen LogP contribution in [0.3, 0.4) is 0 Å². The largest absolute Gasteiger partial charge is 0.310 e. The molecule has 1 aromatic heterocycles. The van der Waals surface area contributed by atoms with Crippen molar-refractivity contribution in [3.8, 4) is 50.2 Å². The molecule has 3 heteroatoms. The van der Waals surface area contributed by atoms with E-state index in [-0.39, 0.29) is 5.41 Å². The van der Waals surface area contributed by atoms with Gasteiger partial charge in [-0.25, -0.2) is 0 Å². The number of fused-ring (bicyclic) bond motifs is 8. The van der Waals surface area contributed by atoms with E-state index in [4.69, 9.17) is 0 Å². The van der Waals surface area contributed by atoms with E-state index >= 15 is 0 Å². The molecule has 0 fully saturated rings. The summed E-state index contributed by atoms with van der Waals surface area (Å²) >= 11 is 0. The third-order valence-electron chi connectivity index (χ3n) is 18.2. The average Bonchev–Trinajstić information content (AvgIpc) is 1.70. The average molecular weight is 1090 g/mol. The summed E-state index contributed by atoms with van der Waals surface area (Å²) in [5.41, 5.74) is 26.9. The predicted octanol–water partition coefficient (Wildman–Crippen LogP) is 21.7. The standard InChI is InChI=1S/C82H59N3/c1-81(2)74-34-20-21-35-79(74)85(65-30-16-7-17-31-65)80-51-42-61(54-76(80)81)60-41-50-78-72(53-60)71-52-59(40-49-77(71)84(78)64-28-14-6-15-29-64)58-38-45-67(46-39-58)83(66-43-36-57(37-44-66)56-22-8-3-9-23-56)68-47-48-70-69-32-18-19-33-73(69)82(75(70)55-68,62-24-10-4-11-25-62)63-26-12-5-13-27-63/h3-55H,1-2H3. The maximum Gasteiger partial charge on any atom is 0.0714 e. The number of anilines is 6. The third-order valence-corrected chi connectivity index (χ3v) is 18.2. The lowest BCUT2D eigenvalue weighted by atomic mass is 9.67. The SMILES string of the molecule is CC1(C)c2ccccc2N(c2ccccc2)c2ccc(-c3ccc4c(c3)c3cc(-c5ccc(N(c6ccc(-c7ccccc7)cc6)c6ccc7c(c6)C(c6ccccc6)(c6ccccc6)c6ccccc6-7)cc5)ccc3n4-c3ccccc3)cc21. The van der Waals surface area contributed by atoms with Crippen LogP contribution in [0.2, 0.25) is 0 Å². The van der Waals surface area contributed by atoms with Gasteiger partial charge in [-0.15, -0.1) is 0 Å². The summed E-state index contributed by atoms with van der Waals surface area (Å²) in [6.07, 6.45) is 0. The van der Waals surface area contributed by atoms with E-state index < -0.39 is 5.41 Å². The van der Waals surface area contributed by atoms with Crippen molar-refractivity contribution in [2.24, 2.45) is 0 Å². The Morgan fingerprint density at radius 1 is 0.282 bits per heavy atom. The summed E-state index contributed by atoms with van der Waals surface area (Å²) in [6, 6.07) is 119. The first-order valence-corrected chi connectivity index (χ1v) is 29.6. The number of para-hydroxylation sites is 3. The lowest BCUT2D eigenvalue weighted by molar-refractivity contribution is 0.632. The topological polar surface area (TPSA) is 11.4 Å². The maximum atomic E-state index is 2.46. The van der Waals surface area contributed by atoms with Crippen LogP contribution in [0, 0.1) is 0 Å². The number of rotatable bonds is 10. The molecule has 0 saturated heterocycles. The van der Waals surface area contributed by atoms with Crippen LogP contribution in [0.1, 0.15) is 47.2 Å². The van der Waals surface area contributed by atoms with Crippen LogP contribution in [-0.4, -0.2) is 4.57 Å². The molecular weight excluding hydrogens is 1030 g/mol. The molecule has 0 amide bonds. The molecule has 3 nitrogen and oxygen atoms in total. The van der Waals surface area contributed by atoms with Gasteiger partial charge in [0.05, 0.1) is 27.8 Å². The van der Waals surface area contributed by atoms with E-state index in [1.807, 2.05) is 0 Å². The Labute approximate surface area is 497 Å². The molecule has 14 aromatic rings. The highest BCUT2D eigenvalue weighted by molar-refractivity contribution is 6.12. The first-order chi connectivity index (χ1) is 41.9. The summed E-state index contributed by atoms with van der Waals surface area (Å²) in [5, 5.41) is 2.43. The van der Waals surface area contributed by atoms with Gasteiger partial charge in [0, 0.05) is 44.6 Å². The normalized spacial score (nSPS) is 13.5. The van der Waals surface area contributed by atoms with Crippen LogP contribution in [-0.2, 0) is 10.8 Å². The fraction of sp³-hybridized carbons (Fsp3) is 0.0488. The predicted molar refractivity (Wildman–Crippen MR) is 356 cm³/mol. The molecule has 0 N–H and O–H groups in total. The van der Waals surface area contributed by atoms with Crippen molar-refractivity contribution in [1.29, 1.82) is 0 Å². The molecule has 1 aliphatic carbocycles. The molecule has 13 aromatic carbocycles. The fourth-order valence-electron chi connectivity index (χ4n) is 14.2. The summed E-state index contributed by atoms with van der Waals surface area (Å²) in [7, 11) is 0. The molecule has 402 valence electrons. The Morgan fingerprint density at radius 3 is 1.32 bits per heavy atom. The van der Waals surface area contributed by atoms with Gasteiger partial charge in [-0.05, 0) is 181 Å². The monoisotopic (exact) mass is 1090 g/mol. The lowest BCUT2D eigenvalue weighted by Crippen LogP contribution is -2.30. The van der Waals surface area contributed by atoms with Crippen molar-refractivity contribution in [2.75, 3.05) is 9.80 Å². The summed E-state index contributed by atoms with van der Waals surface area (Å²) in [6.45, 7) is 4.74. The van der Waals surface area contributed by atoms with Crippen molar-refractivity contribution in [3.63, 3.8) is 0 Å². The van der Waals surface area contributed by atoms with Crippen molar-refractivity contribution in [3.05, 3.63) is 355 Å². The minimum absolute atomic E-state index is 0.223. The second-order valence-corrected chi connectivity index (χ2v) is 23.2. The van der Waals surface area contributed by atoms with Gasteiger partial charge in [0.25, 0.3) is 0 Å². The first-order valence-electron chi connectivity index (χ1n) is 29.6. The zero-order valence-corrected chi connectivity index (χ0v) is 47.4. The number of hydrogen-bond acceptors (Lipinski definition) is 2. The maximum absolute atomic E-state index is 2.46. The summed E-state index contributed by atoms with van der Waals surface area (Å²) in [5.74, 6) is 0. The molecule has 2 aliphatic rings. The number of hydrogen-bond donors (Lipinski definition) is 0. The third kappa shape index (κ3) is 8.03. The Hall–Kier alpha value is -10.7. The zero-order chi connectivity index (χ0) is 56.6. The van der Waals surface area contributed by atoms with Gasteiger partial charge in [-0.3, -0.25) is 0 Å². The Bertz CT molecular complexity index is 4780. The van der Waals surface area contributed by atoms with Crippen LogP contribution < -0.4 is 9.80 Å². The molecule has 16 rings (SSSR count). The van der Waals surface area contributed by atoms with Crippen molar-refractivity contribution >= 4 is 55.9 Å². The molecule has 0 saturated carbocycles. The van der Waals surface area contributed by atoms with Crippen LogP contribution in [0.4, 0.5) is 34.1 Å². The first kappa shape index (κ1) is 50.0. The molecule has 0 bridgehead atoms. The lowest BCUT2D eigenvalue weighted by Gasteiger charge is -2.42. The second kappa shape index (κ2) is 20.0. The van der Waals surface area contributed by atoms with E-state index in [0.717, 1.165) is 39.6 Å². The Balaban J connectivity index is 0.823. The van der Waals surface area contributed by atoms with Gasteiger partial charge < -0.3 is 14.4 Å². The second-order valence-electron chi connectivity index (χ2n) is 23.2. The Kier molecular flexibility index (Phi) is 11.8. The minimum Gasteiger partial charge on any atom is -0.310 e. The van der Waals surface area contributed by atoms with Crippen molar-refractivity contribution < 1.29 is 0 Å². The van der Waals surface area contributed by atoms with Crippen LogP contribution in [0.15, 0.2) is 322 Å². The van der Waals surface area contributed by atoms with Crippen LogP contribution >= 0.6 is 0 Å². The van der Waals surface area contributed by atoms with Crippen LogP contribution in [0.5, 0.6) is 0 Å². The highest BCUT2D eigenvalue weighted by Crippen LogP contribution is 2.58. The molecule has 2 heterocycles. The van der Waals surface area contributed by atoms with E-state index in [1.54, 1.807) is 0 Å². The fourth-order valence-corrected chi connectivity index (χ4v) is 14.2. The summed E-state index contributed by atoms with van der Waals surface area (Å²) in [4.78, 5) is 4.86. The van der Waals surface area contributed by atoms with Gasteiger partial charge >= 0.3 is 0 Å². The number of aromatic nitrogens is 1. The van der Waals surface area contributed by atoms with Crippen molar-refractivity contribution in [2.45, 2.75) is 24.7 Å². The van der Waals surface area contributed by atoms with E-state index in [2.05, 4.69) is 350 Å².